The van der Waals surface area contributed by atoms with Crippen molar-refractivity contribution in [2.24, 2.45) is 5.73 Å². The molecule has 4 aromatic rings. The zero-order valence-corrected chi connectivity index (χ0v) is 15.0. The van der Waals surface area contributed by atoms with Crippen LogP contribution in [0.15, 0.2) is 72.9 Å². The molecule has 0 bridgehead atoms. The molecule has 2 amide bonds. The molecule has 0 aliphatic carbocycles. The fraction of sp³-hybridized carbons (Fsp3) is 0.0909. The quantitative estimate of drug-likeness (QED) is 0.564. The molecule has 0 radical (unpaired) electrons. The lowest BCUT2D eigenvalue weighted by molar-refractivity contribution is -0.119. The van der Waals surface area contributed by atoms with Crippen LogP contribution < -0.4 is 11.1 Å². The summed E-state index contributed by atoms with van der Waals surface area (Å²) in [6.45, 7) is 0. The highest BCUT2D eigenvalue weighted by Crippen LogP contribution is 2.17. The molecule has 0 spiro atoms. The van der Waals surface area contributed by atoms with Crippen molar-refractivity contribution in [1.29, 1.82) is 0 Å². The third-order valence-corrected chi connectivity index (χ3v) is 4.61. The van der Waals surface area contributed by atoms with E-state index in [1.807, 2.05) is 60.7 Å². The van der Waals surface area contributed by atoms with Gasteiger partial charge in [-0.05, 0) is 24.3 Å². The van der Waals surface area contributed by atoms with Crippen molar-refractivity contribution in [3.8, 4) is 0 Å². The van der Waals surface area contributed by atoms with E-state index >= 15 is 0 Å². The third kappa shape index (κ3) is 3.53. The van der Waals surface area contributed by atoms with Gasteiger partial charge in [-0.25, -0.2) is 0 Å². The molecule has 0 unspecified atom stereocenters. The zero-order chi connectivity index (χ0) is 19.5. The Labute approximate surface area is 161 Å². The van der Waals surface area contributed by atoms with Crippen molar-refractivity contribution in [1.82, 2.24) is 15.3 Å². The lowest BCUT2D eigenvalue weighted by atomic mass is 10.1. The fourth-order valence-electron chi connectivity index (χ4n) is 3.18. The van der Waals surface area contributed by atoms with Crippen LogP contribution in [0.5, 0.6) is 0 Å². The van der Waals surface area contributed by atoms with Gasteiger partial charge in [0.05, 0.1) is 16.6 Å². The largest absolute Gasteiger partial charge is 0.368 e. The predicted octanol–water partition coefficient (Wildman–Crippen LogP) is 2.61. The molecule has 0 fully saturated rings. The summed E-state index contributed by atoms with van der Waals surface area (Å²) < 4.78 is 0. The van der Waals surface area contributed by atoms with Gasteiger partial charge in [0.25, 0.3) is 5.91 Å². The highest BCUT2D eigenvalue weighted by atomic mass is 16.2. The number of hydrogen-bond acceptors (Lipinski definition) is 4. The van der Waals surface area contributed by atoms with Gasteiger partial charge in [-0.15, -0.1) is 0 Å². The highest BCUT2D eigenvalue weighted by Gasteiger charge is 2.21. The maximum atomic E-state index is 12.8. The molecule has 4 rings (SSSR count). The highest BCUT2D eigenvalue weighted by molar-refractivity contribution is 6.07. The minimum absolute atomic E-state index is 0.217. The van der Waals surface area contributed by atoms with Gasteiger partial charge in [-0.3, -0.25) is 19.6 Å². The molecule has 28 heavy (non-hydrogen) atoms. The number of rotatable bonds is 5. The molecule has 138 valence electrons. The molecule has 0 aliphatic heterocycles. The lowest BCUT2D eigenvalue weighted by Crippen LogP contribution is -2.46. The van der Waals surface area contributed by atoms with Crippen LogP contribution in [0.25, 0.3) is 21.8 Å². The summed E-state index contributed by atoms with van der Waals surface area (Å²) in [4.78, 5) is 33.6. The number of aromatic nitrogens is 2. The molecule has 2 aromatic carbocycles. The molecular formula is C22H18N4O2. The molecule has 2 aromatic heterocycles. The van der Waals surface area contributed by atoms with Gasteiger partial charge in [-0.2, -0.15) is 0 Å². The van der Waals surface area contributed by atoms with E-state index in [0.29, 0.717) is 16.8 Å². The second kappa shape index (κ2) is 7.44. The summed E-state index contributed by atoms with van der Waals surface area (Å²) in [6, 6.07) is 19.6. The van der Waals surface area contributed by atoms with Crippen molar-refractivity contribution >= 4 is 33.6 Å². The van der Waals surface area contributed by atoms with Gasteiger partial charge in [0.1, 0.15) is 6.04 Å². The van der Waals surface area contributed by atoms with Crippen LogP contribution >= 0.6 is 0 Å². The van der Waals surface area contributed by atoms with Crippen molar-refractivity contribution in [2.45, 2.75) is 12.5 Å². The Bertz CT molecular complexity index is 1180. The maximum Gasteiger partial charge on any atom is 0.252 e. The number of nitrogens with two attached hydrogens (primary N) is 1. The standard InChI is InChI=1S/C22H18N4O2/c23-21(27)20(13-15-10-9-14-5-1-3-7-18(14)25-15)26-22(28)17-11-12-24-19-8-4-2-6-16(17)19/h1-12,20H,13H2,(H2,23,27)(H,26,28)/t20-/m1/s1. The molecule has 1 atom stereocenters. The number of pyridine rings is 2. The van der Waals surface area contributed by atoms with Gasteiger partial charge in [0.15, 0.2) is 0 Å². The number of carbonyl (C=O) groups excluding carboxylic acids is 2. The van der Waals surface area contributed by atoms with E-state index in [1.165, 1.54) is 0 Å². The monoisotopic (exact) mass is 370 g/mol. The van der Waals surface area contributed by atoms with E-state index in [9.17, 15) is 9.59 Å². The van der Waals surface area contributed by atoms with Gasteiger partial charge in [-0.1, -0.05) is 42.5 Å². The van der Waals surface area contributed by atoms with Crippen LogP contribution in [0.3, 0.4) is 0 Å². The van der Waals surface area contributed by atoms with Crippen LogP contribution in [0.4, 0.5) is 0 Å². The first kappa shape index (κ1) is 17.6. The summed E-state index contributed by atoms with van der Waals surface area (Å²) in [5, 5.41) is 4.47. The van der Waals surface area contributed by atoms with Crippen LogP contribution in [0, 0.1) is 0 Å². The number of carbonyl (C=O) groups is 2. The summed E-state index contributed by atoms with van der Waals surface area (Å²) in [7, 11) is 0. The minimum Gasteiger partial charge on any atom is -0.368 e. The summed E-state index contributed by atoms with van der Waals surface area (Å²) in [6.07, 6.45) is 1.79. The number of primary amides is 1. The topological polar surface area (TPSA) is 98.0 Å². The number of benzene rings is 2. The van der Waals surface area contributed by atoms with E-state index in [-0.39, 0.29) is 12.3 Å². The Morgan fingerprint density at radius 2 is 1.68 bits per heavy atom. The second-order valence-corrected chi connectivity index (χ2v) is 6.50. The SMILES string of the molecule is NC(=O)[C@@H](Cc1ccc2ccccc2n1)NC(=O)c1ccnc2ccccc12. The molecule has 6 nitrogen and oxygen atoms in total. The van der Waals surface area contributed by atoms with Crippen molar-refractivity contribution < 1.29 is 9.59 Å². The second-order valence-electron chi connectivity index (χ2n) is 6.50. The Hall–Kier alpha value is -3.80. The van der Waals surface area contributed by atoms with E-state index in [2.05, 4.69) is 15.3 Å². The molecule has 3 N–H and O–H groups in total. The van der Waals surface area contributed by atoms with Gasteiger partial charge in [0, 0.05) is 29.1 Å². The molecular weight excluding hydrogens is 352 g/mol. The first-order valence-electron chi connectivity index (χ1n) is 8.90. The molecule has 0 aliphatic rings. The molecule has 6 heteroatoms. The first-order valence-corrected chi connectivity index (χ1v) is 8.90. The summed E-state index contributed by atoms with van der Waals surface area (Å²) in [5.41, 5.74) is 8.21. The van der Waals surface area contributed by atoms with Gasteiger partial charge < -0.3 is 11.1 Å². The van der Waals surface area contributed by atoms with Crippen molar-refractivity contribution in [2.75, 3.05) is 0 Å². The number of nitrogens with zero attached hydrogens (tertiary/aromatic N) is 2. The van der Waals surface area contributed by atoms with E-state index < -0.39 is 11.9 Å². The molecule has 2 heterocycles. The molecule has 0 saturated carbocycles. The Balaban J connectivity index is 1.59. The number of para-hydroxylation sites is 2. The van der Waals surface area contributed by atoms with Crippen LogP contribution in [-0.4, -0.2) is 27.8 Å². The average molecular weight is 370 g/mol. The van der Waals surface area contributed by atoms with Crippen molar-refractivity contribution in [3.05, 3.63) is 84.2 Å². The average Bonchev–Trinajstić information content (AvgIpc) is 2.72. The fourth-order valence-corrected chi connectivity index (χ4v) is 3.18. The Kier molecular flexibility index (Phi) is 4.68. The van der Waals surface area contributed by atoms with Crippen LogP contribution in [0.2, 0.25) is 0 Å². The maximum absolute atomic E-state index is 12.8. The Morgan fingerprint density at radius 1 is 0.929 bits per heavy atom. The third-order valence-electron chi connectivity index (χ3n) is 4.61. The summed E-state index contributed by atoms with van der Waals surface area (Å²) in [5.74, 6) is -0.982. The summed E-state index contributed by atoms with van der Waals surface area (Å²) >= 11 is 0. The minimum atomic E-state index is -0.868. The normalized spacial score (nSPS) is 12.0. The zero-order valence-electron chi connectivity index (χ0n) is 15.0. The van der Waals surface area contributed by atoms with Crippen LogP contribution in [-0.2, 0) is 11.2 Å². The van der Waals surface area contributed by atoms with E-state index in [4.69, 9.17) is 5.73 Å². The number of hydrogen-bond donors (Lipinski definition) is 2. The van der Waals surface area contributed by atoms with Crippen LogP contribution in [0.1, 0.15) is 16.1 Å². The first-order chi connectivity index (χ1) is 13.6. The molecule has 0 saturated heterocycles. The number of amides is 2. The van der Waals surface area contributed by atoms with E-state index in [0.717, 1.165) is 16.3 Å². The number of fused-ring (bicyclic) bond motifs is 2. The van der Waals surface area contributed by atoms with Gasteiger partial charge in [0.2, 0.25) is 5.91 Å². The Morgan fingerprint density at radius 3 is 2.50 bits per heavy atom. The predicted molar refractivity (Wildman–Crippen MR) is 108 cm³/mol. The van der Waals surface area contributed by atoms with E-state index in [1.54, 1.807) is 12.3 Å². The smallest absolute Gasteiger partial charge is 0.252 e. The number of nitrogens with one attached hydrogen (secondary N) is 1. The van der Waals surface area contributed by atoms with Gasteiger partial charge >= 0.3 is 0 Å². The van der Waals surface area contributed by atoms with Crippen molar-refractivity contribution in [3.63, 3.8) is 0 Å². The lowest BCUT2D eigenvalue weighted by Gasteiger charge is -2.16.